The largest absolute Gasteiger partial charge is 0.493 e. The van der Waals surface area contributed by atoms with Crippen molar-refractivity contribution in [1.82, 2.24) is 19.4 Å². The summed E-state index contributed by atoms with van der Waals surface area (Å²) in [6.07, 6.45) is -3.16. The Labute approximate surface area is 427 Å². The number of aromatic nitrogens is 3. The Morgan fingerprint density at radius 3 is 2.09 bits per heavy atom. The zero-order valence-corrected chi connectivity index (χ0v) is 41.6. The van der Waals surface area contributed by atoms with E-state index in [0.29, 0.717) is 99.9 Å². The number of aliphatic hydroxyl groups excluding tert-OH is 2. The van der Waals surface area contributed by atoms with Crippen molar-refractivity contribution in [2.24, 2.45) is 0 Å². The second-order valence-corrected chi connectivity index (χ2v) is 18.2. The first-order valence-electron chi connectivity index (χ1n) is 24.4. The van der Waals surface area contributed by atoms with E-state index in [4.69, 9.17) is 29.8 Å². The number of nitrogens with two attached hydrogens (primary N) is 1. The van der Waals surface area contributed by atoms with Crippen LogP contribution in [-0.2, 0) is 16.1 Å². The molecule has 6 N–H and O–H groups in total. The fourth-order valence-corrected chi connectivity index (χ4v) is 9.28. The van der Waals surface area contributed by atoms with Crippen molar-refractivity contribution < 1.29 is 53.0 Å². The molecule has 4 heterocycles. The number of carboxylic acids is 1. The quantitative estimate of drug-likeness (QED) is 0.0618. The van der Waals surface area contributed by atoms with Gasteiger partial charge in [-0.3, -0.25) is 14.4 Å². The van der Waals surface area contributed by atoms with Crippen LogP contribution in [0.2, 0.25) is 0 Å². The third-order valence-electron chi connectivity index (χ3n) is 12.8. The van der Waals surface area contributed by atoms with Crippen LogP contribution in [0, 0.1) is 5.82 Å². The van der Waals surface area contributed by atoms with Gasteiger partial charge in [0.15, 0.2) is 23.0 Å². The summed E-state index contributed by atoms with van der Waals surface area (Å²) in [6, 6.07) is 35.7. The van der Waals surface area contributed by atoms with Crippen LogP contribution in [0.15, 0.2) is 121 Å². The monoisotopic (exact) mass is 1010 g/mol. The number of ether oxygens (including phenoxy) is 4. The Balaban J connectivity index is 0.000000201. The van der Waals surface area contributed by atoms with E-state index in [1.165, 1.54) is 12.1 Å². The van der Waals surface area contributed by atoms with Gasteiger partial charge in [-0.25, -0.2) is 9.37 Å². The predicted octanol–water partition coefficient (Wildman–Crippen LogP) is 8.03. The lowest BCUT2D eigenvalue weighted by atomic mass is 9.94. The van der Waals surface area contributed by atoms with Gasteiger partial charge in [0.05, 0.1) is 49.6 Å². The van der Waals surface area contributed by atoms with Crippen molar-refractivity contribution in [2.75, 3.05) is 63.0 Å². The zero-order chi connectivity index (χ0) is 52.5. The van der Waals surface area contributed by atoms with Gasteiger partial charge in [-0.05, 0) is 84.5 Å². The van der Waals surface area contributed by atoms with E-state index in [1.54, 1.807) is 49.5 Å². The summed E-state index contributed by atoms with van der Waals surface area (Å²) < 4.78 is 38.3. The number of para-hydroxylation sites is 3. The molecule has 2 aliphatic heterocycles. The molecule has 5 aromatic carbocycles. The summed E-state index contributed by atoms with van der Waals surface area (Å²) in [5, 5.41) is 33.5. The minimum atomic E-state index is -1.18. The number of hydrogen-bond donors (Lipinski definition) is 5. The second kappa shape index (κ2) is 23.6. The first-order chi connectivity index (χ1) is 35.7. The average Bonchev–Trinajstić information content (AvgIpc) is 3.77. The molecular weight excluding hydrogens is 950 g/mol. The number of fused-ring (bicyclic) bond motifs is 2. The van der Waals surface area contributed by atoms with E-state index in [2.05, 4.69) is 15.3 Å². The van der Waals surface area contributed by atoms with Gasteiger partial charge in [0, 0.05) is 61.1 Å². The first-order valence-corrected chi connectivity index (χ1v) is 24.4. The second-order valence-electron chi connectivity index (χ2n) is 18.2. The van der Waals surface area contributed by atoms with Gasteiger partial charge in [-0.2, -0.15) is 4.98 Å². The van der Waals surface area contributed by atoms with Crippen molar-refractivity contribution in [3.63, 3.8) is 0 Å². The van der Waals surface area contributed by atoms with Crippen LogP contribution in [0.1, 0.15) is 55.1 Å². The van der Waals surface area contributed by atoms with Crippen molar-refractivity contribution in [1.29, 1.82) is 0 Å². The molecule has 9 rings (SSSR count). The molecule has 0 spiro atoms. The molecule has 18 heteroatoms. The minimum absolute atomic E-state index is 0.0834. The molecule has 74 heavy (non-hydrogen) atoms. The molecule has 0 bridgehead atoms. The van der Waals surface area contributed by atoms with Crippen molar-refractivity contribution in [2.45, 2.75) is 63.9 Å². The smallest absolute Gasteiger partial charge is 0.305 e. The number of halogens is 1. The maximum atomic E-state index is 14.0. The van der Waals surface area contributed by atoms with Crippen molar-refractivity contribution >= 4 is 46.1 Å². The summed E-state index contributed by atoms with van der Waals surface area (Å²) in [5.41, 5.74) is 11.7. The van der Waals surface area contributed by atoms with Gasteiger partial charge in [0.25, 0.3) is 11.8 Å². The van der Waals surface area contributed by atoms with Crippen LogP contribution in [0.3, 0.4) is 0 Å². The standard InChI is InChI=1S/C33H35FN2O5.C23H25N5O5/c1-21(2)31-30(33(41)35-25-11-7-4-8-12-25)29(22-9-5-3-6-10-22)32(23-13-15-24(34)16-14-23)36(31)18-17-26(37)19-27(38)20-28(39)40;1-30-18-11-14-15(12-19(18)31-2)25-23(26-21(14)24)28-9-7-27(8-10-28)22(29)20-13-32-16-5-3-4-6-17(16)33-20/h3-16,21,26-27,37-38H,17-20H2,1-2H3,(H,35,41)(H,39,40);3-6,11-12,20H,7-10,13H2,1-2H3,(H2,24,25,26)/t26-,27-;/m1./s1. The van der Waals surface area contributed by atoms with Crippen molar-refractivity contribution in [3.8, 4) is 45.4 Å². The zero-order valence-electron chi connectivity index (χ0n) is 41.6. The lowest BCUT2D eigenvalue weighted by molar-refractivity contribution is -0.141. The number of benzene rings is 5. The predicted molar refractivity (Wildman–Crippen MR) is 279 cm³/mol. The van der Waals surface area contributed by atoms with Gasteiger partial charge in [0.1, 0.15) is 18.2 Å². The Morgan fingerprint density at radius 1 is 0.811 bits per heavy atom. The van der Waals surface area contributed by atoms with E-state index in [9.17, 15) is 29.0 Å². The Hall–Kier alpha value is -8.22. The molecule has 0 radical (unpaired) electrons. The van der Waals surface area contributed by atoms with E-state index < -0.39 is 30.7 Å². The molecule has 1 saturated heterocycles. The molecule has 1 unspecified atom stereocenters. The molecule has 2 aliphatic rings. The number of nitrogens with one attached hydrogen (secondary N) is 1. The van der Waals surface area contributed by atoms with E-state index in [1.807, 2.05) is 102 Å². The van der Waals surface area contributed by atoms with E-state index in [-0.39, 0.29) is 49.5 Å². The van der Waals surface area contributed by atoms with Crippen LogP contribution in [0.4, 0.5) is 21.8 Å². The number of carbonyl (C=O) groups is 3. The number of amides is 2. The maximum absolute atomic E-state index is 14.0. The Morgan fingerprint density at radius 2 is 1.45 bits per heavy atom. The molecule has 7 aromatic rings. The molecule has 1 fully saturated rings. The molecule has 0 saturated carbocycles. The highest BCUT2D eigenvalue weighted by molar-refractivity contribution is 6.12. The number of aliphatic carboxylic acids is 1. The Bertz CT molecular complexity index is 3080. The van der Waals surface area contributed by atoms with Gasteiger partial charge in [0.2, 0.25) is 12.1 Å². The van der Waals surface area contributed by atoms with Crippen LogP contribution < -0.4 is 34.9 Å². The van der Waals surface area contributed by atoms with Gasteiger partial charge < -0.3 is 59.7 Å². The lowest BCUT2D eigenvalue weighted by Crippen LogP contribution is -2.54. The molecule has 2 aromatic heterocycles. The summed E-state index contributed by atoms with van der Waals surface area (Å²) in [4.78, 5) is 51.0. The van der Waals surface area contributed by atoms with Gasteiger partial charge in [-0.1, -0.05) is 74.5 Å². The highest BCUT2D eigenvalue weighted by Crippen LogP contribution is 2.43. The molecule has 2 amide bonds. The maximum Gasteiger partial charge on any atom is 0.305 e. The summed E-state index contributed by atoms with van der Waals surface area (Å²) >= 11 is 0. The number of carbonyl (C=O) groups excluding carboxylic acids is 2. The summed E-state index contributed by atoms with van der Waals surface area (Å²) in [7, 11) is 3.14. The fraction of sp³-hybridized carbons (Fsp3) is 0.304. The number of rotatable bonds is 16. The van der Waals surface area contributed by atoms with Gasteiger partial charge in [-0.15, -0.1) is 0 Å². The number of nitrogen functional groups attached to an aromatic ring is 1. The molecule has 17 nitrogen and oxygen atoms in total. The number of methoxy groups -OCH3 is 2. The summed E-state index contributed by atoms with van der Waals surface area (Å²) in [5.74, 6) is 1.25. The SMILES string of the molecule is CC(C)c1c(C(=O)Nc2ccccc2)c(-c2ccccc2)c(-c2ccc(F)cc2)n1CC[C@@H](O)C[C@@H](O)CC(=O)O.COc1cc2nc(N3CCN(C(=O)C4COc5ccccc5O4)CC3)nc(N)c2cc1OC. The number of aliphatic hydroxyl groups is 2. The number of hydrogen-bond acceptors (Lipinski definition) is 13. The van der Waals surface area contributed by atoms with Crippen molar-refractivity contribution in [3.05, 3.63) is 138 Å². The van der Waals surface area contributed by atoms with Crippen LogP contribution in [-0.4, -0.2) is 118 Å². The van der Waals surface area contributed by atoms with Crippen LogP contribution in [0.5, 0.6) is 23.0 Å². The highest BCUT2D eigenvalue weighted by atomic mass is 19.1. The van der Waals surface area contributed by atoms with Crippen LogP contribution >= 0.6 is 0 Å². The highest BCUT2D eigenvalue weighted by Gasteiger charge is 2.34. The Kier molecular flexibility index (Phi) is 16.6. The number of anilines is 3. The van der Waals surface area contributed by atoms with Gasteiger partial charge >= 0.3 is 5.97 Å². The molecule has 0 aliphatic carbocycles. The average molecular weight is 1010 g/mol. The number of carboxylic acid groups (broad SMARTS) is 1. The molecule has 386 valence electrons. The topological polar surface area (TPSA) is 224 Å². The van der Waals surface area contributed by atoms with Crippen LogP contribution in [0.25, 0.3) is 33.3 Å². The minimum Gasteiger partial charge on any atom is -0.493 e. The molecular formula is C56H60FN7O10. The fourth-order valence-electron chi connectivity index (χ4n) is 9.28. The number of nitrogens with zero attached hydrogens (tertiary/aromatic N) is 5. The van der Waals surface area contributed by atoms with E-state index in [0.717, 1.165) is 11.3 Å². The summed E-state index contributed by atoms with van der Waals surface area (Å²) in [6.45, 7) is 6.65. The number of piperazine rings is 1. The van der Waals surface area contributed by atoms with E-state index >= 15 is 0 Å². The third-order valence-corrected chi connectivity index (χ3v) is 12.8. The lowest BCUT2D eigenvalue weighted by Gasteiger charge is -2.37. The third kappa shape index (κ3) is 12.0. The molecule has 3 atom stereocenters. The normalized spacial score (nSPS) is 14.9. The first kappa shape index (κ1) is 52.1.